The molecule has 0 bridgehead atoms. The van der Waals surface area contributed by atoms with Crippen LogP contribution in [-0.4, -0.2) is 63.7 Å². The Morgan fingerprint density at radius 1 is 1.33 bits per heavy atom. The van der Waals surface area contributed by atoms with E-state index in [1.54, 1.807) is 0 Å². The Bertz CT molecular complexity index is 567. The summed E-state index contributed by atoms with van der Waals surface area (Å²) in [6.07, 6.45) is -1.41. The van der Waals surface area contributed by atoms with Crippen LogP contribution in [0.15, 0.2) is 30.3 Å². The summed E-state index contributed by atoms with van der Waals surface area (Å²) < 4.78 is 5.11. The van der Waals surface area contributed by atoms with Crippen LogP contribution >= 0.6 is 0 Å². The van der Waals surface area contributed by atoms with Crippen LogP contribution in [0.4, 0.5) is 9.59 Å². The van der Waals surface area contributed by atoms with Crippen LogP contribution in [0.1, 0.15) is 18.4 Å². The van der Waals surface area contributed by atoms with Crippen molar-refractivity contribution in [2.75, 3.05) is 19.7 Å². The number of benzene rings is 1. The first-order valence-electron chi connectivity index (χ1n) is 7.73. The van der Waals surface area contributed by atoms with Crippen molar-refractivity contribution in [3.05, 3.63) is 35.9 Å². The van der Waals surface area contributed by atoms with Gasteiger partial charge in [-0.2, -0.15) is 0 Å². The number of amides is 2. The highest BCUT2D eigenvalue weighted by atomic mass is 16.5. The lowest BCUT2D eigenvalue weighted by atomic mass is 9.92. The van der Waals surface area contributed by atoms with E-state index in [1.165, 1.54) is 0 Å². The molecule has 0 saturated carbocycles. The van der Waals surface area contributed by atoms with Crippen LogP contribution in [0.5, 0.6) is 0 Å². The lowest BCUT2D eigenvalue weighted by Crippen LogP contribution is -2.52. The average molecular weight is 338 g/mol. The number of aliphatic hydroxyl groups excluding tert-OH is 1. The SMILES string of the molecule is O=C(N[C@H]1CN(C(=O)O)CC1(O)CCCO)OCc1ccccc1. The molecule has 2 amide bonds. The van der Waals surface area contributed by atoms with E-state index in [1.807, 2.05) is 30.3 Å². The first-order chi connectivity index (χ1) is 11.4. The minimum Gasteiger partial charge on any atom is -0.465 e. The minimum absolute atomic E-state index is 0.0301. The van der Waals surface area contributed by atoms with Gasteiger partial charge in [-0.05, 0) is 18.4 Å². The predicted octanol–water partition coefficient (Wildman–Crippen LogP) is 0.779. The third-order valence-corrected chi connectivity index (χ3v) is 4.06. The van der Waals surface area contributed by atoms with E-state index in [-0.39, 0.29) is 32.7 Å². The molecular weight excluding hydrogens is 316 g/mol. The van der Waals surface area contributed by atoms with Crippen molar-refractivity contribution in [3.8, 4) is 0 Å². The normalized spacial score (nSPS) is 23.1. The van der Waals surface area contributed by atoms with Crippen LogP contribution < -0.4 is 5.32 Å². The van der Waals surface area contributed by atoms with Gasteiger partial charge in [-0.1, -0.05) is 30.3 Å². The zero-order valence-corrected chi connectivity index (χ0v) is 13.2. The first kappa shape index (κ1) is 18.0. The van der Waals surface area contributed by atoms with Gasteiger partial charge in [-0.25, -0.2) is 9.59 Å². The fraction of sp³-hybridized carbons (Fsp3) is 0.500. The summed E-state index contributed by atoms with van der Waals surface area (Å²) in [5.74, 6) is 0. The van der Waals surface area contributed by atoms with Gasteiger partial charge in [-0.15, -0.1) is 0 Å². The Balaban J connectivity index is 1.94. The molecule has 4 N–H and O–H groups in total. The molecule has 0 aromatic heterocycles. The molecule has 1 fully saturated rings. The Morgan fingerprint density at radius 2 is 2.04 bits per heavy atom. The molecular formula is C16H22N2O6. The number of carbonyl (C=O) groups is 2. The summed E-state index contributed by atoms with van der Waals surface area (Å²) in [4.78, 5) is 24.1. The highest BCUT2D eigenvalue weighted by Crippen LogP contribution is 2.27. The molecule has 8 nitrogen and oxygen atoms in total. The second kappa shape index (κ2) is 7.98. The van der Waals surface area contributed by atoms with Crippen molar-refractivity contribution in [2.45, 2.75) is 31.1 Å². The second-order valence-corrected chi connectivity index (χ2v) is 5.85. The molecule has 132 valence electrons. The van der Waals surface area contributed by atoms with Crippen molar-refractivity contribution in [2.24, 2.45) is 0 Å². The molecule has 1 saturated heterocycles. The standard InChI is InChI=1S/C16H22N2O6/c19-8-4-7-16(23)11-18(15(21)22)9-13(16)17-14(20)24-10-12-5-2-1-3-6-12/h1-3,5-6,13,19,23H,4,7-11H2,(H,17,20)(H,21,22)/t13-,16?/m0/s1. The van der Waals surface area contributed by atoms with E-state index < -0.39 is 23.8 Å². The zero-order valence-electron chi connectivity index (χ0n) is 13.2. The van der Waals surface area contributed by atoms with Crippen molar-refractivity contribution >= 4 is 12.2 Å². The molecule has 0 spiro atoms. The Labute approximate surface area is 139 Å². The molecule has 1 aromatic rings. The molecule has 24 heavy (non-hydrogen) atoms. The number of hydrogen-bond acceptors (Lipinski definition) is 5. The molecule has 1 aliphatic rings. The predicted molar refractivity (Wildman–Crippen MR) is 84.4 cm³/mol. The molecule has 1 heterocycles. The number of rotatable bonds is 6. The van der Waals surface area contributed by atoms with Crippen LogP contribution in [0.2, 0.25) is 0 Å². The first-order valence-corrected chi connectivity index (χ1v) is 7.73. The minimum atomic E-state index is -1.42. The fourth-order valence-electron chi connectivity index (χ4n) is 2.77. The fourth-order valence-corrected chi connectivity index (χ4v) is 2.77. The third-order valence-electron chi connectivity index (χ3n) is 4.06. The number of nitrogens with one attached hydrogen (secondary N) is 1. The quantitative estimate of drug-likeness (QED) is 0.608. The summed E-state index contributed by atoms with van der Waals surface area (Å²) in [6, 6.07) is 8.34. The van der Waals surface area contributed by atoms with Crippen LogP contribution in [0.25, 0.3) is 0 Å². The number of likely N-dealkylation sites (tertiary alicyclic amines) is 1. The van der Waals surface area contributed by atoms with E-state index in [0.717, 1.165) is 10.5 Å². The van der Waals surface area contributed by atoms with Gasteiger partial charge in [0.25, 0.3) is 0 Å². The molecule has 0 radical (unpaired) electrons. The van der Waals surface area contributed by atoms with Gasteiger partial charge in [0.05, 0.1) is 12.6 Å². The topological polar surface area (TPSA) is 119 Å². The monoisotopic (exact) mass is 338 g/mol. The number of hydrogen-bond donors (Lipinski definition) is 4. The number of nitrogens with zero attached hydrogens (tertiary/aromatic N) is 1. The van der Waals surface area contributed by atoms with Crippen LogP contribution in [0.3, 0.4) is 0 Å². The molecule has 2 rings (SSSR count). The highest BCUT2D eigenvalue weighted by molar-refractivity contribution is 5.69. The van der Waals surface area contributed by atoms with Crippen molar-refractivity contribution in [1.82, 2.24) is 10.2 Å². The summed E-state index contributed by atoms with van der Waals surface area (Å²) in [5.41, 5.74) is -0.603. The van der Waals surface area contributed by atoms with Crippen LogP contribution in [-0.2, 0) is 11.3 Å². The van der Waals surface area contributed by atoms with Gasteiger partial charge in [0.15, 0.2) is 0 Å². The zero-order chi connectivity index (χ0) is 17.6. The van der Waals surface area contributed by atoms with Gasteiger partial charge >= 0.3 is 12.2 Å². The van der Waals surface area contributed by atoms with Gasteiger partial charge < -0.3 is 30.3 Å². The molecule has 1 aromatic carbocycles. The van der Waals surface area contributed by atoms with Gasteiger partial charge in [0.1, 0.15) is 12.2 Å². The second-order valence-electron chi connectivity index (χ2n) is 5.85. The molecule has 8 heteroatoms. The molecule has 2 atom stereocenters. The molecule has 1 aliphatic heterocycles. The maximum absolute atomic E-state index is 12.0. The molecule has 1 unspecified atom stereocenters. The van der Waals surface area contributed by atoms with Gasteiger partial charge in [0.2, 0.25) is 0 Å². The van der Waals surface area contributed by atoms with Gasteiger partial charge in [0, 0.05) is 13.2 Å². The maximum atomic E-state index is 12.0. The lowest BCUT2D eigenvalue weighted by Gasteiger charge is -2.28. The summed E-state index contributed by atoms with van der Waals surface area (Å²) >= 11 is 0. The lowest BCUT2D eigenvalue weighted by molar-refractivity contribution is 0.0122. The number of aliphatic hydroxyl groups is 2. The number of β-amino-alcohol motifs (C(OH)–C–C–N with tert-alkyl or cyclic N) is 1. The highest BCUT2D eigenvalue weighted by Gasteiger charge is 2.47. The van der Waals surface area contributed by atoms with Crippen LogP contribution in [0, 0.1) is 0 Å². The number of ether oxygens (including phenoxy) is 1. The Morgan fingerprint density at radius 3 is 2.67 bits per heavy atom. The van der Waals surface area contributed by atoms with Crippen molar-refractivity contribution < 1.29 is 29.6 Å². The van der Waals surface area contributed by atoms with E-state index in [4.69, 9.17) is 14.9 Å². The number of alkyl carbamates (subject to hydrolysis) is 1. The average Bonchev–Trinajstić information content (AvgIpc) is 2.89. The summed E-state index contributed by atoms with van der Waals surface area (Å²) in [7, 11) is 0. The van der Waals surface area contributed by atoms with Gasteiger partial charge in [-0.3, -0.25) is 0 Å². The summed E-state index contributed by atoms with van der Waals surface area (Å²) in [5, 5.41) is 31.2. The van der Waals surface area contributed by atoms with E-state index >= 15 is 0 Å². The van der Waals surface area contributed by atoms with Crippen molar-refractivity contribution in [1.29, 1.82) is 0 Å². The summed E-state index contributed by atoms with van der Waals surface area (Å²) in [6.45, 7) is -0.193. The smallest absolute Gasteiger partial charge is 0.407 e. The van der Waals surface area contributed by atoms with E-state index in [2.05, 4.69) is 5.32 Å². The Hall–Kier alpha value is -2.32. The third kappa shape index (κ3) is 4.59. The number of carbonyl (C=O) groups excluding carboxylic acids is 1. The largest absolute Gasteiger partial charge is 0.465 e. The van der Waals surface area contributed by atoms with E-state index in [0.29, 0.717) is 6.42 Å². The maximum Gasteiger partial charge on any atom is 0.407 e. The van der Waals surface area contributed by atoms with Crippen molar-refractivity contribution in [3.63, 3.8) is 0 Å². The van der Waals surface area contributed by atoms with E-state index in [9.17, 15) is 14.7 Å². The Kier molecular flexibility index (Phi) is 5.99. The number of carboxylic acid groups (broad SMARTS) is 1. The molecule has 0 aliphatic carbocycles.